The van der Waals surface area contributed by atoms with Gasteiger partial charge in [-0.05, 0) is 25.5 Å². The van der Waals surface area contributed by atoms with Gasteiger partial charge >= 0.3 is 0 Å². The summed E-state index contributed by atoms with van der Waals surface area (Å²) in [7, 11) is 0. The molecule has 0 radical (unpaired) electrons. The zero-order chi connectivity index (χ0) is 13.1. The Morgan fingerprint density at radius 3 is 2.67 bits per heavy atom. The number of thiophene rings is 1. The highest BCUT2D eigenvalue weighted by Gasteiger charge is 2.12. The van der Waals surface area contributed by atoms with Crippen LogP contribution in [0.1, 0.15) is 26.4 Å². The number of carbonyl (C=O) groups excluding carboxylic acids is 1. The highest BCUT2D eigenvalue weighted by molar-refractivity contribution is 7.10. The number of hydrogen-bond acceptors (Lipinski definition) is 2. The van der Waals surface area contributed by atoms with E-state index in [4.69, 9.17) is 0 Å². The molecule has 0 saturated carbocycles. The molecular formula is C14H14FNOS. The molecule has 0 aliphatic carbocycles. The number of nitrogens with one attached hydrogen (secondary N) is 1. The number of hydrogen-bond donors (Lipinski definition) is 1. The van der Waals surface area contributed by atoms with Gasteiger partial charge in [0.05, 0.1) is 5.56 Å². The lowest BCUT2D eigenvalue weighted by atomic mass is 10.1. The van der Waals surface area contributed by atoms with E-state index in [2.05, 4.69) is 5.32 Å². The third kappa shape index (κ3) is 2.59. The van der Waals surface area contributed by atoms with Crippen molar-refractivity contribution < 1.29 is 9.18 Å². The van der Waals surface area contributed by atoms with Gasteiger partial charge in [0.15, 0.2) is 0 Å². The van der Waals surface area contributed by atoms with E-state index >= 15 is 0 Å². The second-order valence-corrected chi connectivity index (χ2v) is 5.19. The minimum Gasteiger partial charge on any atom is -0.348 e. The van der Waals surface area contributed by atoms with E-state index in [0.29, 0.717) is 11.1 Å². The summed E-state index contributed by atoms with van der Waals surface area (Å²) in [4.78, 5) is 13.1. The van der Waals surface area contributed by atoms with Crippen molar-refractivity contribution in [3.05, 3.63) is 57.0 Å². The Kier molecular flexibility index (Phi) is 3.77. The van der Waals surface area contributed by atoms with Crippen molar-refractivity contribution in [1.82, 2.24) is 5.32 Å². The number of benzene rings is 1. The highest BCUT2D eigenvalue weighted by atomic mass is 32.1. The molecule has 0 aliphatic rings. The van der Waals surface area contributed by atoms with Gasteiger partial charge in [0, 0.05) is 22.4 Å². The van der Waals surface area contributed by atoms with E-state index < -0.39 is 0 Å². The first-order chi connectivity index (χ1) is 8.59. The summed E-state index contributed by atoms with van der Waals surface area (Å²) in [6, 6.07) is 6.44. The van der Waals surface area contributed by atoms with Crippen molar-refractivity contribution in [3.63, 3.8) is 0 Å². The third-order valence-electron chi connectivity index (χ3n) is 2.93. The number of carbonyl (C=O) groups is 1. The summed E-state index contributed by atoms with van der Waals surface area (Å²) in [5, 5.41) is 4.57. The SMILES string of the molecule is Cc1scc(C(=O)NCc2ccccc2F)c1C. The van der Waals surface area contributed by atoms with Gasteiger partial charge in [0.1, 0.15) is 5.82 Å². The standard InChI is InChI=1S/C14H14FNOS/c1-9-10(2)18-8-12(9)14(17)16-7-11-5-3-4-6-13(11)15/h3-6,8H,7H2,1-2H3,(H,16,17). The van der Waals surface area contributed by atoms with E-state index in [1.807, 2.05) is 19.2 Å². The fraction of sp³-hybridized carbons (Fsp3) is 0.214. The van der Waals surface area contributed by atoms with E-state index in [-0.39, 0.29) is 18.3 Å². The van der Waals surface area contributed by atoms with Crippen LogP contribution in [0, 0.1) is 19.7 Å². The molecule has 0 aliphatic heterocycles. The Morgan fingerprint density at radius 2 is 2.06 bits per heavy atom. The Labute approximate surface area is 109 Å². The topological polar surface area (TPSA) is 29.1 Å². The van der Waals surface area contributed by atoms with Gasteiger partial charge in [0.25, 0.3) is 5.91 Å². The van der Waals surface area contributed by atoms with Crippen LogP contribution in [0.4, 0.5) is 4.39 Å². The molecule has 0 bridgehead atoms. The van der Waals surface area contributed by atoms with Gasteiger partial charge in [0.2, 0.25) is 0 Å². The van der Waals surface area contributed by atoms with Crippen LogP contribution in [0.3, 0.4) is 0 Å². The maximum absolute atomic E-state index is 13.4. The summed E-state index contributed by atoms with van der Waals surface area (Å²) in [6.07, 6.45) is 0. The first-order valence-corrected chi connectivity index (χ1v) is 6.54. The molecule has 4 heteroatoms. The molecule has 1 N–H and O–H groups in total. The molecule has 0 spiro atoms. The molecule has 94 valence electrons. The summed E-state index contributed by atoms with van der Waals surface area (Å²) in [5.74, 6) is -0.448. The van der Waals surface area contributed by atoms with E-state index in [1.165, 1.54) is 6.07 Å². The Hall–Kier alpha value is -1.68. The average Bonchev–Trinajstić information content (AvgIpc) is 2.69. The van der Waals surface area contributed by atoms with Crippen molar-refractivity contribution in [1.29, 1.82) is 0 Å². The molecule has 2 rings (SSSR count). The molecule has 0 fully saturated rings. The highest BCUT2D eigenvalue weighted by Crippen LogP contribution is 2.20. The van der Waals surface area contributed by atoms with Crippen LogP contribution in [0.25, 0.3) is 0 Å². The molecule has 1 aromatic heterocycles. The predicted molar refractivity (Wildman–Crippen MR) is 71.4 cm³/mol. The minimum absolute atomic E-state index is 0.153. The Balaban J connectivity index is 2.05. The van der Waals surface area contributed by atoms with Gasteiger partial charge in [-0.3, -0.25) is 4.79 Å². The molecule has 0 atom stereocenters. The Morgan fingerprint density at radius 1 is 1.33 bits per heavy atom. The average molecular weight is 263 g/mol. The second-order valence-electron chi connectivity index (χ2n) is 4.10. The normalized spacial score (nSPS) is 10.4. The van der Waals surface area contributed by atoms with E-state index in [1.54, 1.807) is 29.5 Å². The van der Waals surface area contributed by atoms with Gasteiger partial charge < -0.3 is 5.32 Å². The lowest BCUT2D eigenvalue weighted by Gasteiger charge is -2.06. The molecule has 1 amide bonds. The fourth-order valence-corrected chi connectivity index (χ4v) is 2.52. The largest absolute Gasteiger partial charge is 0.348 e. The van der Waals surface area contributed by atoms with Gasteiger partial charge in [-0.15, -0.1) is 11.3 Å². The molecule has 0 saturated heterocycles. The first-order valence-electron chi connectivity index (χ1n) is 5.66. The molecular weight excluding hydrogens is 249 g/mol. The maximum atomic E-state index is 13.4. The molecule has 18 heavy (non-hydrogen) atoms. The Bertz CT molecular complexity index is 577. The summed E-state index contributed by atoms with van der Waals surface area (Å²) in [5.41, 5.74) is 2.16. The minimum atomic E-state index is -0.295. The van der Waals surface area contributed by atoms with Crippen molar-refractivity contribution in [3.8, 4) is 0 Å². The second kappa shape index (κ2) is 5.31. The van der Waals surface area contributed by atoms with Crippen LogP contribution in [0.15, 0.2) is 29.6 Å². The van der Waals surface area contributed by atoms with Gasteiger partial charge in [-0.25, -0.2) is 4.39 Å². The zero-order valence-electron chi connectivity index (χ0n) is 10.3. The lowest BCUT2D eigenvalue weighted by Crippen LogP contribution is -2.23. The molecule has 1 heterocycles. The summed E-state index contributed by atoms with van der Waals surface area (Å²) < 4.78 is 13.4. The number of halogens is 1. The van der Waals surface area contributed by atoms with Crippen LogP contribution >= 0.6 is 11.3 Å². The smallest absolute Gasteiger partial charge is 0.252 e. The molecule has 2 nitrogen and oxygen atoms in total. The molecule has 2 aromatic rings. The van der Waals surface area contributed by atoms with Crippen LogP contribution in [0.5, 0.6) is 0 Å². The van der Waals surface area contributed by atoms with Crippen LogP contribution in [-0.2, 0) is 6.54 Å². The van der Waals surface area contributed by atoms with E-state index in [9.17, 15) is 9.18 Å². The van der Waals surface area contributed by atoms with Gasteiger partial charge in [-0.2, -0.15) is 0 Å². The quantitative estimate of drug-likeness (QED) is 0.903. The third-order valence-corrected chi connectivity index (χ3v) is 3.94. The number of rotatable bonds is 3. The number of amides is 1. The molecule has 1 aromatic carbocycles. The number of aryl methyl sites for hydroxylation is 1. The zero-order valence-corrected chi connectivity index (χ0v) is 11.1. The maximum Gasteiger partial charge on any atom is 0.252 e. The van der Waals surface area contributed by atoms with Crippen molar-refractivity contribution in [2.45, 2.75) is 20.4 Å². The summed E-state index contributed by atoms with van der Waals surface area (Å²) in [6.45, 7) is 4.11. The monoisotopic (exact) mass is 263 g/mol. The van der Waals surface area contributed by atoms with E-state index in [0.717, 1.165) is 10.4 Å². The van der Waals surface area contributed by atoms with Crippen molar-refractivity contribution >= 4 is 17.2 Å². The molecule has 0 unspecified atom stereocenters. The fourth-order valence-electron chi connectivity index (χ4n) is 1.65. The van der Waals surface area contributed by atoms with Crippen LogP contribution in [0.2, 0.25) is 0 Å². The van der Waals surface area contributed by atoms with Crippen LogP contribution in [-0.4, -0.2) is 5.91 Å². The lowest BCUT2D eigenvalue weighted by molar-refractivity contribution is 0.0950. The predicted octanol–water partition coefficient (Wildman–Crippen LogP) is 3.43. The van der Waals surface area contributed by atoms with Crippen molar-refractivity contribution in [2.24, 2.45) is 0 Å². The van der Waals surface area contributed by atoms with Gasteiger partial charge in [-0.1, -0.05) is 18.2 Å². The first kappa shape index (κ1) is 12.8. The van der Waals surface area contributed by atoms with Crippen molar-refractivity contribution in [2.75, 3.05) is 0 Å². The summed E-state index contributed by atoms with van der Waals surface area (Å²) >= 11 is 1.55. The van der Waals surface area contributed by atoms with Crippen LogP contribution < -0.4 is 5.32 Å².